The predicted octanol–water partition coefficient (Wildman–Crippen LogP) is 1.96. The van der Waals surface area contributed by atoms with Crippen molar-refractivity contribution in [3.8, 4) is 0 Å². The van der Waals surface area contributed by atoms with E-state index in [0.29, 0.717) is 22.4 Å². The Labute approximate surface area is 109 Å². The van der Waals surface area contributed by atoms with Gasteiger partial charge in [-0.2, -0.15) is 11.8 Å². The first-order valence-corrected chi connectivity index (χ1v) is 6.76. The van der Waals surface area contributed by atoms with Gasteiger partial charge in [-0.25, -0.2) is 4.39 Å². The molecule has 0 aliphatic carbocycles. The van der Waals surface area contributed by atoms with Crippen LogP contribution in [0, 0.1) is 5.82 Å². The standard InChI is InChI=1S/C13H14FNO2S/c14-12-4-3-9(7-18-8-10(17)6-16)13-11(12)2-1-5-15-13/h1-5,10,16-17H,6-8H2. The summed E-state index contributed by atoms with van der Waals surface area (Å²) in [6.45, 7) is -0.241. The Bertz CT molecular complexity index is 535. The summed E-state index contributed by atoms with van der Waals surface area (Å²) in [4.78, 5) is 4.19. The van der Waals surface area contributed by atoms with Crippen LogP contribution in [0.2, 0.25) is 0 Å². The molecule has 2 aromatic rings. The molecule has 1 unspecified atom stereocenters. The smallest absolute Gasteiger partial charge is 0.132 e. The first kappa shape index (κ1) is 13.3. The van der Waals surface area contributed by atoms with Gasteiger partial charge in [0.05, 0.1) is 18.2 Å². The Morgan fingerprint density at radius 1 is 1.33 bits per heavy atom. The maximum atomic E-state index is 13.6. The summed E-state index contributed by atoms with van der Waals surface area (Å²) >= 11 is 1.49. The summed E-state index contributed by atoms with van der Waals surface area (Å²) in [7, 11) is 0. The number of pyridine rings is 1. The SMILES string of the molecule is OCC(O)CSCc1ccc(F)c2cccnc12. The molecule has 0 fully saturated rings. The van der Waals surface area contributed by atoms with E-state index in [4.69, 9.17) is 5.11 Å². The maximum Gasteiger partial charge on any atom is 0.132 e. The first-order valence-electron chi connectivity index (χ1n) is 5.61. The van der Waals surface area contributed by atoms with Crippen molar-refractivity contribution in [1.82, 2.24) is 4.98 Å². The monoisotopic (exact) mass is 267 g/mol. The summed E-state index contributed by atoms with van der Waals surface area (Å²) in [5, 5.41) is 18.5. The van der Waals surface area contributed by atoms with Gasteiger partial charge in [-0.1, -0.05) is 6.07 Å². The van der Waals surface area contributed by atoms with Crippen molar-refractivity contribution in [1.29, 1.82) is 0 Å². The van der Waals surface area contributed by atoms with Crippen LogP contribution in [0.1, 0.15) is 5.56 Å². The van der Waals surface area contributed by atoms with Crippen LogP contribution in [0.4, 0.5) is 4.39 Å². The zero-order valence-electron chi connectivity index (χ0n) is 9.71. The average molecular weight is 267 g/mol. The summed E-state index contributed by atoms with van der Waals surface area (Å²) in [6.07, 6.45) is 0.924. The van der Waals surface area contributed by atoms with Gasteiger partial charge in [-0.05, 0) is 23.8 Å². The fourth-order valence-corrected chi connectivity index (χ4v) is 2.62. The second-order valence-corrected chi connectivity index (χ2v) is 4.99. The topological polar surface area (TPSA) is 53.4 Å². The van der Waals surface area contributed by atoms with E-state index in [1.807, 2.05) is 0 Å². The van der Waals surface area contributed by atoms with Crippen LogP contribution >= 0.6 is 11.8 Å². The molecule has 0 aliphatic heterocycles. The predicted molar refractivity (Wildman–Crippen MR) is 71.0 cm³/mol. The van der Waals surface area contributed by atoms with E-state index in [9.17, 15) is 9.50 Å². The Morgan fingerprint density at radius 3 is 2.94 bits per heavy atom. The van der Waals surface area contributed by atoms with Crippen molar-refractivity contribution in [2.24, 2.45) is 0 Å². The van der Waals surface area contributed by atoms with E-state index in [2.05, 4.69) is 4.98 Å². The molecule has 0 saturated carbocycles. The van der Waals surface area contributed by atoms with E-state index >= 15 is 0 Å². The molecule has 0 amide bonds. The van der Waals surface area contributed by atoms with Gasteiger partial charge in [0.15, 0.2) is 0 Å². The molecule has 1 aromatic carbocycles. The van der Waals surface area contributed by atoms with E-state index in [1.165, 1.54) is 17.8 Å². The number of halogens is 1. The fourth-order valence-electron chi connectivity index (χ4n) is 1.67. The first-order chi connectivity index (χ1) is 8.72. The molecular formula is C13H14FNO2S. The van der Waals surface area contributed by atoms with E-state index < -0.39 is 6.10 Å². The number of nitrogens with zero attached hydrogens (tertiary/aromatic N) is 1. The van der Waals surface area contributed by atoms with Gasteiger partial charge in [-0.3, -0.25) is 4.98 Å². The number of aliphatic hydroxyl groups is 2. The maximum absolute atomic E-state index is 13.6. The highest BCUT2D eigenvalue weighted by Gasteiger charge is 2.08. The van der Waals surface area contributed by atoms with Crippen LogP contribution < -0.4 is 0 Å². The van der Waals surface area contributed by atoms with Crippen molar-refractivity contribution < 1.29 is 14.6 Å². The van der Waals surface area contributed by atoms with Crippen LogP contribution in [-0.2, 0) is 5.75 Å². The number of fused-ring (bicyclic) bond motifs is 1. The second kappa shape index (κ2) is 6.13. The Morgan fingerprint density at radius 2 is 2.17 bits per heavy atom. The quantitative estimate of drug-likeness (QED) is 0.869. The highest BCUT2D eigenvalue weighted by atomic mass is 32.2. The lowest BCUT2D eigenvalue weighted by Gasteiger charge is -2.08. The third kappa shape index (κ3) is 2.98. The molecule has 18 heavy (non-hydrogen) atoms. The number of thioether (sulfide) groups is 1. The molecule has 5 heteroatoms. The highest BCUT2D eigenvalue weighted by Crippen LogP contribution is 2.23. The molecule has 3 nitrogen and oxygen atoms in total. The summed E-state index contributed by atoms with van der Waals surface area (Å²) < 4.78 is 13.6. The van der Waals surface area contributed by atoms with Crippen LogP contribution in [-0.4, -0.2) is 33.7 Å². The van der Waals surface area contributed by atoms with Gasteiger partial charge in [0.2, 0.25) is 0 Å². The number of benzene rings is 1. The number of hydrogen-bond acceptors (Lipinski definition) is 4. The molecule has 0 aliphatic rings. The van der Waals surface area contributed by atoms with Crippen LogP contribution in [0.25, 0.3) is 10.9 Å². The van der Waals surface area contributed by atoms with Crippen LogP contribution in [0.5, 0.6) is 0 Å². The van der Waals surface area contributed by atoms with Crippen molar-refractivity contribution in [2.45, 2.75) is 11.9 Å². The largest absolute Gasteiger partial charge is 0.394 e. The minimum absolute atomic E-state index is 0.241. The minimum Gasteiger partial charge on any atom is -0.394 e. The van der Waals surface area contributed by atoms with Crippen LogP contribution in [0.3, 0.4) is 0 Å². The number of aromatic nitrogens is 1. The van der Waals surface area contributed by atoms with Gasteiger partial charge in [-0.15, -0.1) is 0 Å². The molecule has 0 saturated heterocycles. The zero-order valence-corrected chi connectivity index (χ0v) is 10.5. The normalized spacial score (nSPS) is 12.8. The molecule has 2 rings (SSSR count). The molecule has 0 spiro atoms. The number of rotatable bonds is 5. The van der Waals surface area contributed by atoms with Gasteiger partial charge < -0.3 is 10.2 Å². The lowest BCUT2D eigenvalue weighted by molar-refractivity contribution is 0.113. The summed E-state index contributed by atoms with van der Waals surface area (Å²) in [6, 6.07) is 6.55. The summed E-state index contributed by atoms with van der Waals surface area (Å²) in [5.41, 5.74) is 1.59. The van der Waals surface area contributed by atoms with Gasteiger partial charge >= 0.3 is 0 Å². The third-order valence-electron chi connectivity index (χ3n) is 2.58. The van der Waals surface area contributed by atoms with Crippen LogP contribution in [0.15, 0.2) is 30.5 Å². The molecule has 1 heterocycles. The lowest BCUT2D eigenvalue weighted by Crippen LogP contribution is -2.14. The zero-order chi connectivity index (χ0) is 13.0. The average Bonchev–Trinajstić information content (AvgIpc) is 2.41. The highest BCUT2D eigenvalue weighted by molar-refractivity contribution is 7.98. The molecule has 0 radical (unpaired) electrons. The lowest BCUT2D eigenvalue weighted by atomic mass is 10.1. The van der Waals surface area contributed by atoms with Gasteiger partial charge in [0, 0.05) is 23.1 Å². The van der Waals surface area contributed by atoms with Crippen molar-refractivity contribution in [2.75, 3.05) is 12.4 Å². The minimum atomic E-state index is -0.713. The Kier molecular flexibility index (Phi) is 4.52. The molecule has 1 aromatic heterocycles. The Hall–Kier alpha value is -1.17. The van der Waals surface area contributed by atoms with E-state index in [1.54, 1.807) is 24.4 Å². The van der Waals surface area contributed by atoms with Crippen molar-refractivity contribution in [3.05, 3.63) is 41.8 Å². The number of hydrogen-bond donors (Lipinski definition) is 2. The van der Waals surface area contributed by atoms with Gasteiger partial charge in [0.25, 0.3) is 0 Å². The van der Waals surface area contributed by atoms with E-state index in [-0.39, 0.29) is 12.4 Å². The fraction of sp³-hybridized carbons (Fsp3) is 0.308. The van der Waals surface area contributed by atoms with E-state index in [0.717, 1.165) is 5.56 Å². The van der Waals surface area contributed by atoms with Crippen molar-refractivity contribution in [3.63, 3.8) is 0 Å². The second-order valence-electron chi connectivity index (χ2n) is 3.96. The molecule has 0 bridgehead atoms. The summed E-state index contributed by atoms with van der Waals surface area (Å²) in [5.74, 6) is 0.801. The Balaban J connectivity index is 2.16. The van der Waals surface area contributed by atoms with Gasteiger partial charge in [0.1, 0.15) is 5.82 Å². The third-order valence-corrected chi connectivity index (χ3v) is 3.71. The molecule has 1 atom stereocenters. The van der Waals surface area contributed by atoms with Crippen molar-refractivity contribution >= 4 is 22.7 Å². The number of aliphatic hydroxyl groups excluding tert-OH is 2. The molecule has 96 valence electrons. The molecular weight excluding hydrogens is 253 g/mol. The molecule has 2 N–H and O–H groups in total.